The van der Waals surface area contributed by atoms with E-state index in [9.17, 15) is 4.79 Å². The van der Waals surface area contributed by atoms with Gasteiger partial charge in [-0.15, -0.1) is 0 Å². The number of rotatable bonds is 5. The molecule has 0 saturated heterocycles. The fourth-order valence-corrected chi connectivity index (χ4v) is 1.49. The minimum absolute atomic E-state index is 0.0341. The lowest BCUT2D eigenvalue weighted by Gasteiger charge is -2.07. The fourth-order valence-electron chi connectivity index (χ4n) is 1.02. The average molecular weight is 288 g/mol. The number of carbonyl (C=O) groups is 1. The molecular weight excluding hydrogens is 274 g/mol. The van der Waals surface area contributed by atoms with Crippen LogP contribution in [0.4, 0.5) is 11.5 Å². The molecule has 1 aromatic heterocycles. The number of ether oxygens (including phenoxy) is 1. The number of halogens is 1. The molecule has 0 aliphatic rings. The Balaban J connectivity index is 2.49. The summed E-state index contributed by atoms with van der Waals surface area (Å²) in [4.78, 5) is 15.4. The average Bonchev–Trinajstić information content (AvgIpc) is 2.23. The number of nitrogens with one attached hydrogen (secondary N) is 1. The molecule has 0 aliphatic carbocycles. The van der Waals surface area contributed by atoms with Gasteiger partial charge in [-0.05, 0) is 28.4 Å². The highest BCUT2D eigenvalue weighted by Crippen LogP contribution is 2.21. The molecule has 6 heteroatoms. The number of nitrogens with two attached hydrogens (primary N) is 1. The van der Waals surface area contributed by atoms with Crippen molar-refractivity contribution in [1.82, 2.24) is 4.98 Å². The zero-order chi connectivity index (χ0) is 12.0. The number of aromatic nitrogens is 1. The summed E-state index contributed by atoms with van der Waals surface area (Å²) in [7, 11) is 0. The van der Waals surface area contributed by atoms with Gasteiger partial charge in [-0.3, -0.25) is 4.79 Å². The summed E-state index contributed by atoms with van der Waals surface area (Å²) in [6.45, 7) is 2.59. The summed E-state index contributed by atoms with van der Waals surface area (Å²) in [6, 6.07) is 1.68. The highest BCUT2D eigenvalue weighted by atomic mass is 79.9. The number of nitrogen functional groups attached to an aromatic ring is 1. The zero-order valence-electron chi connectivity index (χ0n) is 9.00. The summed E-state index contributed by atoms with van der Waals surface area (Å²) in [6.07, 6.45) is 2.37. The SMILES string of the molecule is CCCOCC(=O)Nc1ncc(N)cc1Br. The van der Waals surface area contributed by atoms with Crippen molar-refractivity contribution in [3.63, 3.8) is 0 Å². The molecule has 0 aliphatic heterocycles. The molecule has 3 N–H and O–H groups in total. The molecule has 0 radical (unpaired) electrons. The lowest BCUT2D eigenvalue weighted by Crippen LogP contribution is -2.19. The molecule has 0 atom stereocenters. The van der Waals surface area contributed by atoms with Gasteiger partial charge in [-0.2, -0.15) is 0 Å². The van der Waals surface area contributed by atoms with Crippen molar-refractivity contribution in [2.24, 2.45) is 0 Å². The van der Waals surface area contributed by atoms with E-state index < -0.39 is 0 Å². The molecule has 5 nitrogen and oxygen atoms in total. The molecular formula is C10H14BrN3O2. The first-order chi connectivity index (χ1) is 7.63. The van der Waals surface area contributed by atoms with Gasteiger partial charge in [0.15, 0.2) is 0 Å². The number of anilines is 2. The number of pyridine rings is 1. The van der Waals surface area contributed by atoms with Crippen LogP contribution in [0.5, 0.6) is 0 Å². The second-order valence-corrected chi connectivity index (χ2v) is 4.05. The lowest BCUT2D eigenvalue weighted by molar-refractivity contribution is -0.120. The first kappa shape index (κ1) is 12.9. The largest absolute Gasteiger partial charge is 0.397 e. The van der Waals surface area contributed by atoms with Crippen LogP contribution < -0.4 is 11.1 Å². The lowest BCUT2D eigenvalue weighted by atomic mass is 10.4. The minimum Gasteiger partial charge on any atom is -0.397 e. The molecule has 0 bridgehead atoms. The highest BCUT2D eigenvalue weighted by Gasteiger charge is 2.06. The van der Waals surface area contributed by atoms with Gasteiger partial charge in [0.05, 0.1) is 16.4 Å². The Morgan fingerprint density at radius 3 is 3.06 bits per heavy atom. The molecule has 0 saturated carbocycles. The van der Waals surface area contributed by atoms with Crippen molar-refractivity contribution in [1.29, 1.82) is 0 Å². The van der Waals surface area contributed by atoms with Gasteiger partial charge in [0.25, 0.3) is 5.91 Å². The van der Waals surface area contributed by atoms with Crippen LogP contribution in [0, 0.1) is 0 Å². The number of amides is 1. The van der Waals surface area contributed by atoms with Crippen LogP contribution in [0.15, 0.2) is 16.7 Å². The van der Waals surface area contributed by atoms with Gasteiger partial charge >= 0.3 is 0 Å². The van der Waals surface area contributed by atoms with Crippen molar-refractivity contribution in [3.8, 4) is 0 Å². The predicted molar refractivity (Wildman–Crippen MR) is 66.1 cm³/mol. The molecule has 0 spiro atoms. The van der Waals surface area contributed by atoms with E-state index in [-0.39, 0.29) is 12.5 Å². The summed E-state index contributed by atoms with van der Waals surface area (Å²) in [5, 5.41) is 2.62. The third-order valence-electron chi connectivity index (χ3n) is 1.70. The van der Waals surface area contributed by atoms with Gasteiger partial charge in [-0.1, -0.05) is 6.92 Å². The van der Waals surface area contributed by atoms with Crippen LogP contribution in [-0.4, -0.2) is 24.1 Å². The highest BCUT2D eigenvalue weighted by molar-refractivity contribution is 9.10. The quantitative estimate of drug-likeness (QED) is 0.810. The van der Waals surface area contributed by atoms with Gasteiger partial charge in [0.1, 0.15) is 12.4 Å². The molecule has 1 aromatic rings. The summed E-state index contributed by atoms with van der Waals surface area (Å²) >= 11 is 3.26. The van der Waals surface area contributed by atoms with Gasteiger partial charge < -0.3 is 15.8 Å². The molecule has 0 fully saturated rings. The predicted octanol–water partition coefficient (Wildman–Crippen LogP) is 1.79. The molecule has 16 heavy (non-hydrogen) atoms. The topological polar surface area (TPSA) is 77.2 Å². The molecule has 0 aromatic carbocycles. The minimum atomic E-state index is -0.230. The zero-order valence-corrected chi connectivity index (χ0v) is 10.6. The maximum Gasteiger partial charge on any atom is 0.251 e. The van der Waals surface area contributed by atoms with E-state index in [2.05, 4.69) is 26.2 Å². The van der Waals surface area contributed by atoms with Crippen LogP contribution >= 0.6 is 15.9 Å². The number of nitrogens with zero attached hydrogens (tertiary/aromatic N) is 1. The fraction of sp³-hybridized carbons (Fsp3) is 0.400. The van der Waals surface area contributed by atoms with E-state index in [1.54, 1.807) is 6.07 Å². The third kappa shape index (κ3) is 4.16. The first-order valence-electron chi connectivity index (χ1n) is 4.92. The Morgan fingerprint density at radius 2 is 2.44 bits per heavy atom. The summed E-state index contributed by atoms with van der Waals surface area (Å²) in [5.74, 6) is 0.214. The van der Waals surface area contributed by atoms with Crippen molar-refractivity contribution in [2.45, 2.75) is 13.3 Å². The van der Waals surface area contributed by atoms with Crippen LogP contribution in [0.3, 0.4) is 0 Å². The Morgan fingerprint density at radius 1 is 1.69 bits per heavy atom. The van der Waals surface area contributed by atoms with Crippen molar-refractivity contribution >= 4 is 33.3 Å². The Bertz CT molecular complexity index is 371. The van der Waals surface area contributed by atoms with Gasteiger partial charge in [0.2, 0.25) is 0 Å². The molecule has 88 valence electrons. The van der Waals surface area contributed by atoms with Gasteiger partial charge in [-0.25, -0.2) is 4.98 Å². The second-order valence-electron chi connectivity index (χ2n) is 3.20. The number of hydrogen-bond donors (Lipinski definition) is 2. The van der Waals surface area contributed by atoms with E-state index >= 15 is 0 Å². The van der Waals surface area contributed by atoms with E-state index in [1.165, 1.54) is 6.20 Å². The Hall–Kier alpha value is -1.14. The van der Waals surface area contributed by atoms with Crippen molar-refractivity contribution < 1.29 is 9.53 Å². The first-order valence-corrected chi connectivity index (χ1v) is 5.71. The van der Waals surface area contributed by atoms with Gasteiger partial charge in [0, 0.05) is 6.61 Å². The summed E-state index contributed by atoms with van der Waals surface area (Å²) in [5.41, 5.74) is 6.06. The molecule has 1 rings (SSSR count). The molecule has 1 heterocycles. The maximum absolute atomic E-state index is 11.4. The van der Waals surface area contributed by atoms with E-state index in [1.807, 2.05) is 6.92 Å². The van der Waals surface area contributed by atoms with Crippen molar-refractivity contribution in [2.75, 3.05) is 24.3 Å². The third-order valence-corrected chi connectivity index (χ3v) is 2.31. The van der Waals surface area contributed by atoms with Crippen LogP contribution in [-0.2, 0) is 9.53 Å². The van der Waals surface area contributed by atoms with Crippen molar-refractivity contribution in [3.05, 3.63) is 16.7 Å². The van der Waals surface area contributed by atoms with Crippen LogP contribution in [0.25, 0.3) is 0 Å². The molecule has 1 amide bonds. The number of hydrogen-bond acceptors (Lipinski definition) is 4. The monoisotopic (exact) mass is 287 g/mol. The molecule has 0 unspecified atom stereocenters. The maximum atomic E-state index is 11.4. The second kappa shape index (κ2) is 6.44. The van der Waals surface area contributed by atoms with Crippen LogP contribution in [0.2, 0.25) is 0 Å². The standard InChI is InChI=1S/C10H14BrN3O2/c1-2-3-16-6-9(15)14-10-8(11)4-7(12)5-13-10/h4-5H,2-3,6,12H2,1H3,(H,13,14,15). The summed E-state index contributed by atoms with van der Waals surface area (Å²) < 4.78 is 5.75. The van der Waals surface area contributed by atoms with E-state index in [0.717, 1.165) is 6.42 Å². The number of carbonyl (C=O) groups excluding carboxylic acids is 1. The van der Waals surface area contributed by atoms with E-state index in [4.69, 9.17) is 10.5 Å². The Kier molecular flexibility index (Phi) is 5.21. The Labute approximate surface area is 103 Å². The normalized spacial score (nSPS) is 10.1. The smallest absolute Gasteiger partial charge is 0.251 e. The van der Waals surface area contributed by atoms with Crippen LogP contribution in [0.1, 0.15) is 13.3 Å². The van der Waals surface area contributed by atoms with E-state index in [0.29, 0.717) is 22.6 Å².